The number of carbonyl (C=O) groups excluding carboxylic acids is 1. The Balaban J connectivity index is 1.51. The van der Waals surface area contributed by atoms with Gasteiger partial charge in [0.1, 0.15) is 0 Å². The second kappa shape index (κ2) is 7.28. The maximum absolute atomic E-state index is 13.1. The molecule has 0 bridgehead atoms. The van der Waals surface area contributed by atoms with Crippen molar-refractivity contribution in [2.45, 2.75) is 6.54 Å². The molecule has 0 N–H and O–H groups in total. The molecule has 1 amide bonds. The molecule has 3 aromatic rings. The zero-order chi connectivity index (χ0) is 18.8. The summed E-state index contributed by atoms with van der Waals surface area (Å²) in [6.45, 7) is 3.70. The van der Waals surface area contributed by atoms with E-state index in [4.69, 9.17) is 0 Å². The summed E-state index contributed by atoms with van der Waals surface area (Å²) in [5, 5.41) is 5.39. The second-order valence-corrected chi connectivity index (χ2v) is 6.75. The molecule has 1 saturated heterocycles. The van der Waals surface area contributed by atoms with Gasteiger partial charge in [0.05, 0.1) is 5.39 Å². The van der Waals surface area contributed by atoms with Crippen LogP contribution in [0.2, 0.25) is 0 Å². The number of fused-ring (bicyclic) bond motifs is 1. The zero-order valence-corrected chi connectivity index (χ0v) is 15.2. The lowest BCUT2D eigenvalue weighted by molar-refractivity contribution is 0.0622. The Morgan fingerprint density at radius 1 is 1.04 bits per heavy atom. The van der Waals surface area contributed by atoms with E-state index in [0.29, 0.717) is 29.6 Å². The summed E-state index contributed by atoms with van der Waals surface area (Å²) in [7, 11) is 1.58. The number of aromatic nitrogens is 3. The maximum atomic E-state index is 13.1. The van der Waals surface area contributed by atoms with Crippen LogP contribution < -0.4 is 5.56 Å². The first kappa shape index (κ1) is 17.4. The van der Waals surface area contributed by atoms with E-state index in [2.05, 4.69) is 21.0 Å². The topological polar surface area (TPSA) is 71.3 Å². The smallest absolute Gasteiger partial charge is 0.275 e. The van der Waals surface area contributed by atoms with Crippen LogP contribution in [0.15, 0.2) is 53.6 Å². The first-order chi connectivity index (χ1) is 13.1. The Labute approximate surface area is 156 Å². The van der Waals surface area contributed by atoms with E-state index in [1.807, 2.05) is 23.2 Å². The van der Waals surface area contributed by atoms with Gasteiger partial charge in [0.2, 0.25) is 0 Å². The fourth-order valence-corrected chi connectivity index (χ4v) is 3.47. The lowest BCUT2D eigenvalue weighted by Gasteiger charge is -2.34. The van der Waals surface area contributed by atoms with Crippen LogP contribution in [0.25, 0.3) is 10.8 Å². The number of benzene rings is 1. The average Bonchev–Trinajstić information content (AvgIpc) is 2.71. The number of hydrogen-bond acceptors (Lipinski definition) is 5. The van der Waals surface area contributed by atoms with Crippen molar-refractivity contribution < 1.29 is 4.79 Å². The summed E-state index contributed by atoms with van der Waals surface area (Å²) in [6.07, 6.45) is 3.64. The first-order valence-corrected chi connectivity index (χ1v) is 9.00. The Hall–Kier alpha value is -3.06. The van der Waals surface area contributed by atoms with Crippen molar-refractivity contribution in [1.82, 2.24) is 24.6 Å². The standard InChI is InChI=1S/C20H21N5O2/c1-23-19(26)17-7-3-2-6-16(17)18(22-23)20(27)25-11-9-24(10-12-25)14-15-5-4-8-21-13-15/h2-8,13H,9-12,14H2,1H3. The normalized spacial score (nSPS) is 15.2. The SMILES string of the molecule is Cn1nc(C(=O)N2CCN(Cc3cccnc3)CC2)c2ccccc2c1=O. The second-order valence-electron chi connectivity index (χ2n) is 6.75. The number of rotatable bonds is 3. The number of amides is 1. The summed E-state index contributed by atoms with van der Waals surface area (Å²) >= 11 is 0. The highest BCUT2D eigenvalue weighted by Gasteiger charge is 2.25. The number of carbonyl (C=O) groups is 1. The molecule has 0 aliphatic carbocycles. The monoisotopic (exact) mass is 363 g/mol. The minimum Gasteiger partial charge on any atom is -0.335 e. The maximum Gasteiger partial charge on any atom is 0.275 e. The van der Waals surface area contributed by atoms with Crippen LogP contribution >= 0.6 is 0 Å². The largest absolute Gasteiger partial charge is 0.335 e. The molecule has 7 heteroatoms. The predicted octanol–water partition coefficient (Wildman–Crippen LogP) is 1.29. The van der Waals surface area contributed by atoms with Crippen molar-refractivity contribution in [3.05, 3.63) is 70.4 Å². The third-order valence-electron chi connectivity index (χ3n) is 4.95. The van der Waals surface area contributed by atoms with E-state index in [0.717, 1.165) is 19.6 Å². The van der Waals surface area contributed by atoms with Gasteiger partial charge in [0.25, 0.3) is 11.5 Å². The van der Waals surface area contributed by atoms with Gasteiger partial charge in [-0.25, -0.2) is 4.68 Å². The molecule has 1 aliphatic rings. The van der Waals surface area contributed by atoms with E-state index in [9.17, 15) is 9.59 Å². The van der Waals surface area contributed by atoms with Gasteiger partial charge in [-0.2, -0.15) is 5.10 Å². The summed E-state index contributed by atoms with van der Waals surface area (Å²) in [5.41, 5.74) is 1.32. The highest BCUT2D eigenvalue weighted by molar-refractivity contribution is 6.04. The molecule has 0 atom stereocenters. The minimum atomic E-state index is -0.191. The quantitative estimate of drug-likeness (QED) is 0.701. The number of hydrogen-bond donors (Lipinski definition) is 0. The summed E-state index contributed by atoms with van der Waals surface area (Å²) in [6, 6.07) is 11.1. The van der Waals surface area contributed by atoms with Gasteiger partial charge in [0.15, 0.2) is 5.69 Å². The molecule has 4 rings (SSSR count). The van der Waals surface area contributed by atoms with E-state index in [1.165, 1.54) is 10.2 Å². The van der Waals surface area contributed by atoms with Gasteiger partial charge < -0.3 is 4.90 Å². The first-order valence-electron chi connectivity index (χ1n) is 9.00. The molecule has 2 aromatic heterocycles. The molecule has 3 heterocycles. The molecule has 138 valence electrons. The Morgan fingerprint density at radius 2 is 1.78 bits per heavy atom. The van der Waals surface area contributed by atoms with Crippen LogP contribution in [0, 0.1) is 0 Å². The van der Waals surface area contributed by atoms with Gasteiger partial charge in [-0.05, 0) is 17.7 Å². The molecule has 1 aliphatic heterocycles. The molecule has 0 spiro atoms. The summed E-state index contributed by atoms with van der Waals surface area (Å²) < 4.78 is 1.24. The Bertz CT molecular complexity index is 1020. The molecule has 0 radical (unpaired) electrons. The molecule has 7 nitrogen and oxygen atoms in total. The minimum absolute atomic E-state index is 0.122. The van der Waals surface area contributed by atoms with E-state index < -0.39 is 0 Å². The summed E-state index contributed by atoms with van der Waals surface area (Å²) in [4.78, 5) is 33.6. The van der Waals surface area contributed by atoms with Crippen LogP contribution in [-0.4, -0.2) is 56.7 Å². The van der Waals surface area contributed by atoms with Gasteiger partial charge in [-0.1, -0.05) is 24.3 Å². The summed E-state index contributed by atoms with van der Waals surface area (Å²) in [5.74, 6) is -0.122. The highest BCUT2D eigenvalue weighted by atomic mass is 16.2. The molecular formula is C20H21N5O2. The zero-order valence-electron chi connectivity index (χ0n) is 15.2. The van der Waals surface area contributed by atoms with Crippen molar-refractivity contribution in [1.29, 1.82) is 0 Å². The molecule has 0 unspecified atom stereocenters. The Morgan fingerprint density at radius 3 is 2.48 bits per heavy atom. The molecule has 27 heavy (non-hydrogen) atoms. The molecule has 1 aromatic carbocycles. The van der Waals surface area contributed by atoms with Gasteiger partial charge in [-0.3, -0.25) is 19.5 Å². The van der Waals surface area contributed by atoms with Gasteiger partial charge >= 0.3 is 0 Å². The number of pyridine rings is 1. The lowest BCUT2D eigenvalue weighted by atomic mass is 10.1. The van der Waals surface area contributed by atoms with Crippen molar-refractivity contribution in [2.75, 3.05) is 26.2 Å². The lowest BCUT2D eigenvalue weighted by Crippen LogP contribution is -2.48. The number of nitrogens with zero attached hydrogens (tertiary/aromatic N) is 5. The van der Waals surface area contributed by atoms with Crippen LogP contribution in [0.1, 0.15) is 16.1 Å². The molecule has 1 fully saturated rings. The van der Waals surface area contributed by atoms with E-state index in [1.54, 1.807) is 31.4 Å². The van der Waals surface area contributed by atoms with Crippen LogP contribution in [-0.2, 0) is 13.6 Å². The third kappa shape index (κ3) is 3.46. The van der Waals surface area contributed by atoms with Crippen molar-refractivity contribution in [3.8, 4) is 0 Å². The average molecular weight is 363 g/mol. The van der Waals surface area contributed by atoms with Crippen molar-refractivity contribution >= 4 is 16.7 Å². The van der Waals surface area contributed by atoms with E-state index in [-0.39, 0.29) is 11.5 Å². The fourth-order valence-electron chi connectivity index (χ4n) is 3.47. The fraction of sp³-hybridized carbons (Fsp3) is 0.300. The van der Waals surface area contributed by atoms with Crippen molar-refractivity contribution in [3.63, 3.8) is 0 Å². The predicted molar refractivity (Wildman–Crippen MR) is 102 cm³/mol. The van der Waals surface area contributed by atoms with Crippen LogP contribution in [0.5, 0.6) is 0 Å². The van der Waals surface area contributed by atoms with Crippen LogP contribution in [0.4, 0.5) is 0 Å². The number of aryl methyl sites for hydroxylation is 1. The van der Waals surface area contributed by atoms with Gasteiger partial charge in [0, 0.05) is 57.6 Å². The Kier molecular flexibility index (Phi) is 4.68. The number of piperazine rings is 1. The molecular weight excluding hydrogens is 342 g/mol. The highest BCUT2D eigenvalue weighted by Crippen LogP contribution is 2.16. The molecule has 0 saturated carbocycles. The van der Waals surface area contributed by atoms with Crippen LogP contribution in [0.3, 0.4) is 0 Å². The van der Waals surface area contributed by atoms with E-state index >= 15 is 0 Å². The van der Waals surface area contributed by atoms with Crippen molar-refractivity contribution in [2.24, 2.45) is 7.05 Å². The van der Waals surface area contributed by atoms with Gasteiger partial charge in [-0.15, -0.1) is 0 Å². The third-order valence-corrected chi connectivity index (χ3v) is 4.95.